The van der Waals surface area contributed by atoms with Crippen LogP contribution in [0.2, 0.25) is 0 Å². The Hall–Kier alpha value is -0.860. The van der Waals surface area contributed by atoms with Gasteiger partial charge in [0.1, 0.15) is 0 Å². The summed E-state index contributed by atoms with van der Waals surface area (Å²) in [5.41, 5.74) is 8.59. The molecule has 1 aromatic carbocycles. The molecule has 2 nitrogen and oxygen atoms in total. The fourth-order valence-corrected chi connectivity index (χ4v) is 1.78. The minimum atomic E-state index is 0.229. The zero-order valence-electron chi connectivity index (χ0n) is 8.57. The summed E-state index contributed by atoms with van der Waals surface area (Å²) < 4.78 is 5.10. The number of hydrogen-bond donors (Lipinski definition) is 1. The van der Waals surface area contributed by atoms with E-state index in [9.17, 15) is 0 Å². The van der Waals surface area contributed by atoms with E-state index in [4.69, 9.17) is 10.5 Å². The minimum absolute atomic E-state index is 0.229. The predicted octanol–water partition coefficient (Wildman–Crippen LogP) is 2.24. The second-order valence-corrected chi connectivity index (χ2v) is 4.04. The van der Waals surface area contributed by atoms with Crippen molar-refractivity contribution in [2.45, 2.75) is 25.5 Å². The Balaban J connectivity index is 2.12. The monoisotopic (exact) mass is 191 g/mol. The summed E-state index contributed by atoms with van der Waals surface area (Å²) in [5.74, 6) is 0.716. The van der Waals surface area contributed by atoms with Crippen molar-refractivity contribution in [1.29, 1.82) is 0 Å². The Morgan fingerprint density at radius 2 is 2.29 bits per heavy atom. The van der Waals surface area contributed by atoms with E-state index in [1.54, 1.807) is 7.11 Å². The number of ether oxygens (including phenoxy) is 1. The summed E-state index contributed by atoms with van der Waals surface area (Å²) in [4.78, 5) is 0. The first-order valence-electron chi connectivity index (χ1n) is 5.14. The lowest BCUT2D eigenvalue weighted by atomic mass is 10.0. The van der Waals surface area contributed by atoms with E-state index in [-0.39, 0.29) is 6.04 Å². The van der Waals surface area contributed by atoms with Gasteiger partial charge in [0, 0.05) is 13.2 Å². The summed E-state index contributed by atoms with van der Waals surface area (Å²) in [6.45, 7) is 0.672. The molecule has 0 bridgehead atoms. The second-order valence-electron chi connectivity index (χ2n) is 4.04. The number of hydrogen-bond acceptors (Lipinski definition) is 2. The van der Waals surface area contributed by atoms with Crippen molar-refractivity contribution in [3.63, 3.8) is 0 Å². The maximum absolute atomic E-state index is 6.12. The van der Waals surface area contributed by atoms with Crippen LogP contribution in [0.1, 0.15) is 30.0 Å². The van der Waals surface area contributed by atoms with Crippen LogP contribution >= 0.6 is 0 Å². The highest BCUT2D eigenvalue weighted by atomic mass is 16.5. The van der Waals surface area contributed by atoms with Crippen LogP contribution in [0, 0.1) is 5.92 Å². The molecule has 14 heavy (non-hydrogen) atoms. The van der Waals surface area contributed by atoms with E-state index >= 15 is 0 Å². The summed E-state index contributed by atoms with van der Waals surface area (Å²) in [6, 6.07) is 8.64. The van der Waals surface area contributed by atoms with Crippen LogP contribution in [-0.2, 0) is 11.3 Å². The molecule has 2 N–H and O–H groups in total. The molecule has 1 aliphatic carbocycles. The van der Waals surface area contributed by atoms with Crippen LogP contribution in [0.25, 0.3) is 0 Å². The van der Waals surface area contributed by atoms with Crippen molar-refractivity contribution in [1.82, 2.24) is 0 Å². The fraction of sp³-hybridized carbons (Fsp3) is 0.500. The highest BCUT2D eigenvalue weighted by Crippen LogP contribution is 2.39. The maximum Gasteiger partial charge on any atom is 0.0713 e. The normalized spacial score (nSPS) is 18.1. The van der Waals surface area contributed by atoms with Gasteiger partial charge in [-0.05, 0) is 29.9 Å². The molecule has 1 fully saturated rings. The van der Waals surface area contributed by atoms with Crippen LogP contribution in [0.15, 0.2) is 24.3 Å². The SMILES string of the molecule is COCc1cccc([C@@H](N)C2CC2)c1. The molecule has 1 aromatic rings. The summed E-state index contributed by atoms with van der Waals surface area (Å²) in [7, 11) is 1.72. The minimum Gasteiger partial charge on any atom is -0.380 e. The quantitative estimate of drug-likeness (QED) is 0.792. The van der Waals surface area contributed by atoms with Gasteiger partial charge < -0.3 is 10.5 Å². The third-order valence-electron chi connectivity index (χ3n) is 2.78. The Labute approximate surface area is 85.1 Å². The molecule has 1 atom stereocenters. The molecule has 1 saturated carbocycles. The first-order valence-corrected chi connectivity index (χ1v) is 5.14. The van der Waals surface area contributed by atoms with E-state index in [0.29, 0.717) is 12.5 Å². The molecule has 76 valence electrons. The van der Waals surface area contributed by atoms with E-state index in [2.05, 4.69) is 24.3 Å². The zero-order chi connectivity index (χ0) is 9.97. The van der Waals surface area contributed by atoms with Gasteiger partial charge in [0.25, 0.3) is 0 Å². The van der Waals surface area contributed by atoms with Crippen molar-refractivity contribution in [2.24, 2.45) is 11.7 Å². The maximum atomic E-state index is 6.12. The lowest BCUT2D eigenvalue weighted by Gasteiger charge is -2.11. The smallest absolute Gasteiger partial charge is 0.0713 e. The van der Waals surface area contributed by atoms with Gasteiger partial charge in [-0.2, -0.15) is 0 Å². The Morgan fingerprint density at radius 3 is 2.93 bits per heavy atom. The number of benzene rings is 1. The molecule has 2 rings (SSSR count). The number of nitrogens with two attached hydrogens (primary N) is 1. The van der Waals surface area contributed by atoms with Crippen molar-refractivity contribution in [2.75, 3.05) is 7.11 Å². The van der Waals surface area contributed by atoms with E-state index in [1.807, 2.05) is 0 Å². The van der Waals surface area contributed by atoms with Crippen molar-refractivity contribution < 1.29 is 4.74 Å². The first-order chi connectivity index (χ1) is 6.81. The molecule has 1 aliphatic rings. The van der Waals surface area contributed by atoms with Crippen molar-refractivity contribution in [3.05, 3.63) is 35.4 Å². The molecular formula is C12H17NO. The number of rotatable bonds is 4. The lowest BCUT2D eigenvalue weighted by molar-refractivity contribution is 0.185. The predicted molar refractivity (Wildman–Crippen MR) is 56.8 cm³/mol. The van der Waals surface area contributed by atoms with Crippen LogP contribution in [0.5, 0.6) is 0 Å². The topological polar surface area (TPSA) is 35.2 Å². The third-order valence-corrected chi connectivity index (χ3v) is 2.78. The van der Waals surface area contributed by atoms with E-state index < -0.39 is 0 Å². The Morgan fingerprint density at radius 1 is 1.50 bits per heavy atom. The second kappa shape index (κ2) is 4.11. The molecule has 0 spiro atoms. The van der Waals surface area contributed by atoms with Gasteiger partial charge >= 0.3 is 0 Å². The first kappa shape index (κ1) is 9.69. The molecule has 0 radical (unpaired) electrons. The molecule has 0 heterocycles. The molecule has 2 heteroatoms. The third kappa shape index (κ3) is 2.14. The van der Waals surface area contributed by atoms with E-state index in [0.717, 1.165) is 0 Å². The summed E-state index contributed by atoms with van der Waals surface area (Å²) >= 11 is 0. The van der Waals surface area contributed by atoms with Gasteiger partial charge in [0.05, 0.1) is 6.61 Å². The highest BCUT2D eigenvalue weighted by molar-refractivity contribution is 5.26. The largest absolute Gasteiger partial charge is 0.380 e. The Kier molecular flexibility index (Phi) is 2.85. The average Bonchev–Trinajstić information content (AvgIpc) is 3.01. The fourth-order valence-electron chi connectivity index (χ4n) is 1.78. The number of methoxy groups -OCH3 is 1. The molecule has 0 aromatic heterocycles. The molecule has 0 aliphatic heterocycles. The average molecular weight is 191 g/mol. The van der Waals surface area contributed by atoms with Crippen molar-refractivity contribution in [3.8, 4) is 0 Å². The highest BCUT2D eigenvalue weighted by Gasteiger charge is 2.29. The van der Waals surface area contributed by atoms with Crippen LogP contribution in [0.3, 0.4) is 0 Å². The van der Waals surface area contributed by atoms with Gasteiger partial charge in [-0.25, -0.2) is 0 Å². The van der Waals surface area contributed by atoms with Gasteiger partial charge in [-0.15, -0.1) is 0 Å². The van der Waals surface area contributed by atoms with Gasteiger partial charge in [0.2, 0.25) is 0 Å². The van der Waals surface area contributed by atoms with Crippen molar-refractivity contribution >= 4 is 0 Å². The van der Waals surface area contributed by atoms with Gasteiger partial charge in [0.15, 0.2) is 0 Å². The summed E-state index contributed by atoms with van der Waals surface area (Å²) in [6.07, 6.45) is 2.57. The van der Waals surface area contributed by atoms with Gasteiger partial charge in [-0.1, -0.05) is 24.3 Å². The molecular weight excluding hydrogens is 174 g/mol. The lowest BCUT2D eigenvalue weighted by Crippen LogP contribution is -2.12. The van der Waals surface area contributed by atoms with Crippen LogP contribution in [-0.4, -0.2) is 7.11 Å². The van der Waals surface area contributed by atoms with Crippen LogP contribution in [0.4, 0.5) is 0 Å². The standard InChI is InChI=1S/C12H17NO/c1-14-8-9-3-2-4-11(7-9)12(13)10-5-6-10/h2-4,7,10,12H,5-6,8,13H2,1H3/t12-/m0/s1. The van der Waals surface area contributed by atoms with Gasteiger partial charge in [-0.3, -0.25) is 0 Å². The molecule has 0 amide bonds. The zero-order valence-corrected chi connectivity index (χ0v) is 8.57. The molecule has 0 saturated heterocycles. The molecule has 0 unspecified atom stereocenters. The summed E-state index contributed by atoms with van der Waals surface area (Å²) in [5, 5.41) is 0. The van der Waals surface area contributed by atoms with E-state index in [1.165, 1.54) is 24.0 Å². The Bertz CT molecular complexity index is 307. The van der Waals surface area contributed by atoms with Crippen LogP contribution < -0.4 is 5.73 Å².